The van der Waals surface area contributed by atoms with E-state index in [-0.39, 0.29) is 0 Å². The lowest BCUT2D eigenvalue weighted by Gasteiger charge is -2.25. The maximum Gasteiger partial charge on any atom is 0.151 e. The lowest BCUT2D eigenvalue weighted by molar-refractivity contribution is 0.0783. The molecule has 96 valence electrons. The normalized spacial score (nSPS) is 24.7. The highest BCUT2D eigenvalue weighted by atomic mass is 16.5. The molecule has 0 bridgehead atoms. The molecule has 5 nitrogen and oxygen atoms in total. The van der Waals surface area contributed by atoms with E-state index in [2.05, 4.69) is 29.3 Å². The molecule has 0 spiro atoms. The van der Waals surface area contributed by atoms with E-state index < -0.39 is 0 Å². The fourth-order valence-corrected chi connectivity index (χ4v) is 2.36. The number of nitrogens with zero attached hydrogens (tertiary/aromatic N) is 2. The summed E-state index contributed by atoms with van der Waals surface area (Å²) in [5.41, 5.74) is 0.951. The van der Waals surface area contributed by atoms with Crippen molar-refractivity contribution in [3.8, 4) is 0 Å². The van der Waals surface area contributed by atoms with Crippen molar-refractivity contribution in [3.05, 3.63) is 17.5 Å². The van der Waals surface area contributed by atoms with E-state index in [4.69, 9.17) is 9.26 Å². The summed E-state index contributed by atoms with van der Waals surface area (Å²) >= 11 is 0. The quantitative estimate of drug-likeness (QED) is 0.831. The summed E-state index contributed by atoms with van der Waals surface area (Å²) in [6.07, 6.45) is 1.40. The number of nitrogens with one attached hydrogen (secondary N) is 1. The van der Waals surface area contributed by atoms with Crippen LogP contribution in [0.15, 0.2) is 10.6 Å². The number of hydrogen-bond donors (Lipinski definition) is 1. The highest BCUT2D eigenvalue weighted by Crippen LogP contribution is 2.20. The van der Waals surface area contributed by atoms with E-state index >= 15 is 0 Å². The standard InChI is InChI=1S/C12H21N3O2/c1-9-12(4-5-16-9)15(3)8-11-6-10(7-13-2)14-17-11/h6,9,12-13H,4-5,7-8H2,1-3H3. The molecule has 1 saturated heterocycles. The summed E-state index contributed by atoms with van der Waals surface area (Å²) in [4.78, 5) is 2.28. The van der Waals surface area contributed by atoms with Gasteiger partial charge in [-0.2, -0.15) is 0 Å². The van der Waals surface area contributed by atoms with Crippen LogP contribution in [0.3, 0.4) is 0 Å². The van der Waals surface area contributed by atoms with Gasteiger partial charge in [0.2, 0.25) is 0 Å². The van der Waals surface area contributed by atoms with Crippen LogP contribution < -0.4 is 5.32 Å². The van der Waals surface area contributed by atoms with Crippen molar-refractivity contribution < 1.29 is 9.26 Å². The van der Waals surface area contributed by atoms with Gasteiger partial charge >= 0.3 is 0 Å². The summed E-state index contributed by atoms with van der Waals surface area (Å²) in [7, 11) is 4.01. The van der Waals surface area contributed by atoms with Crippen molar-refractivity contribution in [2.24, 2.45) is 0 Å². The summed E-state index contributed by atoms with van der Waals surface area (Å²) in [6.45, 7) is 4.52. The van der Waals surface area contributed by atoms with Crippen LogP contribution in [0, 0.1) is 0 Å². The molecule has 1 aliphatic rings. The third kappa shape index (κ3) is 3.06. The van der Waals surface area contributed by atoms with Crippen LogP contribution in [-0.2, 0) is 17.8 Å². The summed E-state index contributed by atoms with van der Waals surface area (Å²) in [5.74, 6) is 0.914. The largest absolute Gasteiger partial charge is 0.377 e. The molecule has 2 rings (SSSR count). The van der Waals surface area contributed by atoms with Gasteiger partial charge in [-0.3, -0.25) is 4.90 Å². The minimum Gasteiger partial charge on any atom is -0.377 e. The number of ether oxygens (including phenoxy) is 1. The van der Waals surface area contributed by atoms with Crippen LogP contribution in [-0.4, -0.2) is 42.9 Å². The van der Waals surface area contributed by atoms with Crippen molar-refractivity contribution in [2.45, 2.75) is 38.6 Å². The zero-order chi connectivity index (χ0) is 12.3. The molecule has 0 aromatic carbocycles. The Morgan fingerprint density at radius 2 is 2.41 bits per heavy atom. The summed E-state index contributed by atoms with van der Waals surface area (Å²) in [5, 5.41) is 7.07. The fourth-order valence-electron chi connectivity index (χ4n) is 2.36. The van der Waals surface area contributed by atoms with Crippen molar-refractivity contribution in [3.63, 3.8) is 0 Å². The molecule has 1 aromatic heterocycles. The van der Waals surface area contributed by atoms with Crippen LogP contribution in [0.25, 0.3) is 0 Å². The molecule has 1 N–H and O–H groups in total. The first-order valence-electron chi connectivity index (χ1n) is 6.11. The third-order valence-corrected chi connectivity index (χ3v) is 3.27. The minimum atomic E-state index is 0.305. The van der Waals surface area contributed by atoms with Gasteiger partial charge in [0.1, 0.15) is 0 Å². The topological polar surface area (TPSA) is 50.5 Å². The Balaban J connectivity index is 1.90. The van der Waals surface area contributed by atoms with Gasteiger partial charge in [-0.25, -0.2) is 0 Å². The van der Waals surface area contributed by atoms with E-state index in [9.17, 15) is 0 Å². The highest BCUT2D eigenvalue weighted by molar-refractivity contribution is 5.05. The van der Waals surface area contributed by atoms with Crippen LogP contribution in [0.4, 0.5) is 0 Å². The Labute approximate surface area is 102 Å². The molecular formula is C12H21N3O2. The van der Waals surface area contributed by atoms with Gasteiger partial charge in [0.25, 0.3) is 0 Å². The fraction of sp³-hybridized carbons (Fsp3) is 0.750. The van der Waals surface area contributed by atoms with E-state index in [1.807, 2.05) is 13.1 Å². The van der Waals surface area contributed by atoms with E-state index in [0.29, 0.717) is 12.1 Å². The van der Waals surface area contributed by atoms with Gasteiger partial charge in [0, 0.05) is 25.3 Å². The average Bonchev–Trinajstić information content (AvgIpc) is 2.88. The smallest absolute Gasteiger partial charge is 0.151 e. The van der Waals surface area contributed by atoms with E-state index in [0.717, 1.165) is 37.6 Å². The van der Waals surface area contributed by atoms with Gasteiger partial charge in [0.05, 0.1) is 18.3 Å². The molecule has 1 aliphatic heterocycles. The van der Waals surface area contributed by atoms with Crippen LogP contribution >= 0.6 is 0 Å². The molecule has 0 radical (unpaired) electrons. The van der Waals surface area contributed by atoms with Crippen molar-refractivity contribution in [1.82, 2.24) is 15.4 Å². The third-order valence-electron chi connectivity index (χ3n) is 3.27. The Bertz CT molecular complexity index is 353. The van der Waals surface area contributed by atoms with Crippen LogP contribution in [0.2, 0.25) is 0 Å². The molecular weight excluding hydrogens is 218 g/mol. The molecule has 1 aromatic rings. The molecule has 5 heteroatoms. The first-order valence-corrected chi connectivity index (χ1v) is 6.11. The Morgan fingerprint density at radius 3 is 3.06 bits per heavy atom. The maximum atomic E-state index is 5.57. The summed E-state index contributed by atoms with van der Waals surface area (Å²) in [6, 6.07) is 2.49. The Kier molecular flexibility index (Phi) is 4.15. The van der Waals surface area contributed by atoms with Gasteiger partial charge in [0.15, 0.2) is 5.76 Å². The van der Waals surface area contributed by atoms with Gasteiger partial charge < -0.3 is 14.6 Å². The molecule has 0 amide bonds. The van der Waals surface area contributed by atoms with E-state index in [1.54, 1.807) is 0 Å². The van der Waals surface area contributed by atoms with Crippen molar-refractivity contribution in [2.75, 3.05) is 20.7 Å². The lowest BCUT2D eigenvalue weighted by Crippen LogP contribution is -2.36. The molecule has 17 heavy (non-hydrogen) atoms. The van der Waals surface area contributed by atoms with Crippen molar-refractivity contribution in [1.29, 1.82) is 0 Å². The minimum absolute atomic E-state index is 0.305. The van der Waals surface area contributed by atoms with Crippen LogP contribution in [0.1, 0.15) is 24.8 Å². The highest BCUT2D eigenvalue weighted by Gasteiger charge is 2.28. The van der Waals surface area contributed by atoms with Gasteiger partial charge in [-0.05, 0) is 27.4 Å². The monoisotopic (exact) mass is 239 g/mol. The lowest BCUT2D eigenvalue weighted by atomic mass is 10.1. The second kappa shape index (κ2) is 5.62. The van der Waals surface area contributed by atoms with Gasteiger partial charge in [-0.1, -0.05) is 5.16 Å². The van der Waals surface area contributed by atoms with Gasteiger partial charge in [-0.15, -0.1) is 0 Å². The first-order chi connectivity index (χ1) is 8.20. The second-order valence-corrected chi connectivity index (χ2v) is 4.66. The van der Waals surface area contributed by atoms with E-state index in [1.165, 1.54) is 0 Å². The molecule has 1 fully saturated rings. The predicted molar refractivity (Wildman–Crippen MR) is 64.6 cm³/mol. The zero-order valence-electron chi connectivity index (χ0n) is 10.8. The SMILES string of the molecule is CNCc1cc(CN(C)C2CCOC2C)on1. The second-order valence-electron chi connectivity index (χ2n) is 4.66. The molecule has 0 saturated carbocycles. The van der Waals surface area contributed by atoms with Crippen molar-refractivity contribution >= 4 is 0 Å². The first kappa shape index (κ1) is 12.5. The molecule has 0 aliphatic carbocycles. The number of likely N-dealkylation sites (N-methyl/N-ethyl adjacent to an activating group) is 1. The summed E-state index contributed by atoms with van der Waals surface area (Å²) < 4.78 is 10.9. The predicted octanol–water partition coefficient (Wildman–Crippen LogP) is 1.00. The Hall–Kier alpha value is -0.910. The number of hydrogen-bond acceptors (Lipinski definition) is 5. The molecule has 2 atom stereocenters. The molecule has 2 unspecified atom stereocenters. The van der Waals surface area contributed by atoms with Crippen LogP contribution in [0.5, 0.6) is 0 Å². The number of aromatic nitrogens is 1. The average molecular weight is 239 g/mol. The zero-order valence-corrected chi connectivity index (χ0v) is 10.8. The molecule has 2 heterocycles. The number of rotatable bonds is 5. The maximum absolute atomic E-state index is 5.57. The Morgan fingerprint density at radius 1 is 1.59 bits per heavy atom.